The molecule has 0 aliphatic carbocycles. The Morgan fingerprint density at radius 1 is 1.00 bits per heavy atom. The molecule has 1 aromatic rings. The summed E-state index contributed by atoms with van der Waals surface area (Å²) < 4.78 is 0. The summed E-state index contributed by atoms with van der Waals surface area (Å²) in [5.41, 5.74) is 1.42. The lowest BCUT2D eigenvalue weighted by Gasteiger charge is -1.86. The molecule has 3 nitrogen and oxygen atoms in total. The maximum atomic E-state index is 10.1. The van der Waals surface area contributed by atoms with E-state index < -0.39 is 4.92 Å². The van der Waals surface area contributed by atoms with Gasteiger partial charge in [-0.3, -0.25) is 10.1 Å². The van der Waals surface area contributed by atoms with Crippen LogP contribution in [0.4, 0.5) is 0 Å². The van der Waals surface area contributed by atoms with Gasteiger partial charge in [0.25, 0.3) is 5.70 Å². The van der Waals surface area contributed by atoms with E-state index in [9.17, 15) is 10.1 Å². The fourth-order valence-corrected chi connectivity index (χ4v) is 1.26. The van der Waals surface area contributed by atoms with Gasteiger partial charge in [-0.05, 0) is 31.9 Å². The number of allylic oxidation sites excluding steroid dienone is 4. The highest BCUT2D eigenvalue weighted by Gasteiger charge is 2.00. The quantitative estimate of drug-likeness (QED) is 0.314. The Morgan fingerprint density at radius 2 is 1.48 bits per heavy atom. The lowest BCUT2D eigenvalue weighted by Crippen LogP contribution is -1.93. The first kappa shape index (κ1) is 30.7. The van der Waals surface area contributed by atoms with Crippen molar-refractivity contribution in [1.82, 2.24) is 0 Å². The van der Waals surface area contributed by atoms with Crippen molar-refractivity contribution in [2.75, 3.05) is 0 Å². The monoisotopic (exact) mass is 349 g/mol. The van der Waals surface area contributed by atoms with E-state index in [4.69, 9.17) is 0 Å². The second-order valence-electron chi connectivity index (χ2n) is 3.69. The molecule has 0 aromatic heterocycles. The van der Waals surface area contributed by atoms with Gasteiger partial charge in [0.2, 0.25) is 0 Å². The van der Waals surface area contributed by atoms with E-state index in [2.05, 4.69) is 18.2 Å². The number of rotatable bonds is 4. The summed E-state index contributed by atoms with van der Waals surface area (Å²) in [6.45, 7) is 17.6. The lowest BCUT2D eigenvalue weighted by molar-refractivity contribution is -0.419. The van der Waals surface area contributed by atoms with Crippen LogP contribution in [0.5, 0.6) is 0 Å². The van der Waals surface area contributed by atoms with E-state index in [1.807, 2.05) is 79.7 Å². The standard InChI is InChI=1S/C9H10.C7H11NO2.3C2H6/c1-2-6-9-7-4-3-5-8-9;1-3-5-6-7(4-2)8(9)10;3*1-2/h2-8H,1H3;4-6H,3H2,1-2H3;3*1-2H3/b6-2+;6-5-,7-4+;;;. The van der Waals surface area contributed by atoms with Crippen molar-refractivity contribution in [2.24, 2.45) is 0 Å². The first-order valence-electron chi connectivity index (χ1n) is 9.30. The zero-order chi connectivity index (χ0) is 20.5. The highest BCUT2D eigenvalue weighted by molar-refractivity contribution is 5.47. The Morgan fingerprint density at radius 3 is 1.80 bits per heavy atom. The topological polar surface area (TPSA) is 43.1 Å². The van der Waals surface area contributed by atoms with Crippen LogP contribution in [0.15, 0.2) is 60.3 Å². The van der Waals surface area contributed by atoms with Crippen molar-refractivity contribution in [3.8, 4) is 0 Å². The van der Waals surface area contributed by atoms with Crippen molar-refractivity contribution in [2.45, 2.75) is 68.7 Å². The van der Waals surface area contributed by atoms with Gasteiger partial charge < -0.3 is 0 Å². The predicted octanol–water partition coefficient (Wildman–Crippen LogP) is 7.93. The van der Waals surface area contributed by atoms with Crippen molar-refractivity contribution < 1.29 is 4.92 Å². The number of nitro groups is 1. The molecule has 144 valence electrons. The van der Waals surface area contributed by atoms with Crippen LogP contribution >= 0.6 is 0 Å². The molecule has 0 aliphatic rings. The Kier molecular flexibility index (Phi) is 36.6. The van der Waals surface area contributed by atoms with Gasteiger partial charge in [-0.2, -0.15) is 0 Å². The van der Waals surface area contributed by atoms with E-state index in [1.54, 1.807) is 13.0 Å². The third-order valence-electron chi connectivity index (χ3n) is 2.19. The second-order valence-corrected chi connectivity index (χ2v) is 3.69. The van der Waals surface area contributed by atoms with E-state index in [-0.39, 0.29) is 5.70 Å². The zero-order valence-corrected chi connectivity index (χ0v) is 17.7. The Balaban J connectivity index is -0.000000136. The Bertz CT molecular complexity index is 446. The highest BCUT2D eigenvalue weighted by Crippen LogP contribution is 1.99. The molecule has 0 radical (unpaired) electrons. The maximum absolute atomic E-state index is 10.1. The fourth-order valence-electron chi connectivity index (χ4n) is 1.26. The third-order valence-corrected chi connectivity index (χ3v) is 2.19. The largest absolute Gasteiger partial charge is 0.264 e. The van der Waals surface area contributed by atoms with Crippen LogP contribution in [-0.4, -0.2) is 4.92 Å². The molecule has 0 N–H and O–H groups in total. The highest BCUT2D eigenvalue weighted by atomic mass is 16.6. The summed E-state index contributed by atoms with van der Waals surface area (Å²) in [4.78, 5) is 9.73. The first-order valence-corrected chi connectivity index (χ1v) is 9.30. The SMILES string of the molecule is C/C=C(\C=C/CC)[N+](=O)[O-].C/C=C/c1ccccc1.CC.CC.CC. The Labute approximate surface area is 156 Å². The molecule has 0 saturated heterocycles. The molecule has 0 heterocycles. The minimum atomic E-state index is -0.397. The minimum absolute atomic E-state index is 0.154. The van der Waals surface area contributed by atoms with Crippen LogP contribution < -0.4 is 0 Å². The van der Waals surface area contributed by atoms with Crippen LogP contribution in [0, 0.1) is 10.1 Å². The number of hydrogen-bond donors (Lipinski definition) is 0. The molecule has 3 heteroatoms. The summed E-state index contributed by atoms with van der Waals surface area (Å²) >= 11 is 0. The molecule has 0 unspecified atom stereocenters. The molecule has 0 saturated carbocycles. The molecular formula is C22H39NO2. The van der Waals surface area contributed by atoms with Crippen LogP contribution in [0.3, 0.4) is 0 Å². The molecule has 0 bridgehead atoms. The van der Waals surface area contributed by atoms with Gasteiger partial charge >= 0.3 is 0 Å². The van der Waals surface area contributed by atoms with E-state index in [0.717, 1.165) is 6.42 Å². The summed E-state index contributed by atoms with van der Waals surface area (Å²) in [5.74, 6) is 0. The molecule has 1 aromatic carbocycles. The van der Waals surface area contributed by atoms with Gasteiger partial charge in [0.05, 0.1) is 4.92 Å². The third kappa shape index (κ3) is 24.2. The molecule has 0 atom stereocenters. The summed E-state index contributed by atoms with van der Waals surface area (Å²) in [6.07, 6.45) is 9.70. The molecule has 0 spiro atoms. The summed E-state index contributed by atoms with van der Waals surface area (Å²) in [5, 5.41) is 10.1. The summed E-state index contributed by atoms with van der Waals surface area (Å²) in [7, 11) is 0. The average molecular weight is 350 g/mol. The van der Waals surface area contributed by atoms with Crippen LogP contribution in [-0.2, 0) is 0 Å². The number of benzene rings is 1. The van der Waals surface area contributed by atoms with E-state index >= 15 is 0 Å². The average Bonchev–Trinajstić information content (AvgIpc) is 2.69. The van der Waals surface area contributed by atoms with Crippen LogP contribution in [0.2, 0.25) is 0 Å². The van der Waals surface area contributed by atoms with Crippen LogP contribution in [0.25, 0.3) is 6.08 Å². The predicted molar refractivity (Wildman–Crippen MR) is 115 cm³/mol. The van der Waals surface area contributed by atoms with Crippen molar-refractivity contribution in [3.05, 3.63) is 76.0 Å². The normalized spacial score (nSPS) is 9.40. The van der Waals surface area contributed by atoms with Crippen molar-refractivity contribution in [3.63, 3.8) is 0 Å². The summed E-state index contributed by atoms with van der Waals surface area (Å²) in [6, 6.07) is 10.3. The number of nitrogens with zero attached hydrogens (tertiary/aromatic N) is 1. The van der Waals surface area contributed by atoms with E-state index in [1.165, 1.54) is 17.7 Å². The first-order chi connectivity index (χ1) is 12.2. The van der Waals surface area contributed by atoms with Crippen LogP contribution in [0.1, 0.15) is 74.3 Å². The number of hydrogen-bond acceptors (Lipinski definition) is 2. The molecule has 0 amide bonds. The van der Waals surface area contributed by atoms with Gasteiger partial charge in [0, 0.05) is 6.08 Å². The fraction of sp³-hybridized carbons (Fsp3) is 0.455. The lowest BCUT2D eigenvalue weighted by atomic mass is 10.2. The Hall–Kier alpha value is -2.16. The molecule has 0 fully saturated rings. The molecule has 0 aliphatic heterocycles. The van der Waals surface area contributed by atoms with Gasteiger partial charge in [0.15, 0.2) is 0 Å². The smallest absolute Gasteiger partial charge is 0.258 e. The van der Waals surface area contributed by atoms with Gasteiger partial charge in [-0.15, -0.1) is 0 Å². The van der Waals surface area contributed by atoms with Gasteiger partial charge in [-0.25, -0.2) is 0 Å². The molecule has 25 heavy (non-hydrogen) atoms. The van der Waals surface area contributed by atoms with Crippen molar-refractivity contribution in [1.29, 1.82) is 0 Å². The van der Waals surface area contributed by atoms with Gasteiger partial charge in [0.1, 0.15) is 0 Å². The van der Waals surface area contributed by atoms with Gasteiger partial charge in [-0.1, -0.05) is 97.0 Å². The van der Waals surface area contributed by atoms with E-state index in [0.29, 0.717) is 0 Å². The molecule has 1 rings (SSSR count). The maximum Gasteiger partial charge on any atom is 0.264 e. The minimum Gasteiger partial charge on any atom is -0.258 e. The van der Waals surface area contributed by atoms with Crippen molar-refractivity contribution >= 4 is 6.08 Å². The molecular weight excluding hydrogens is 310 g/mol. The second kappa shape index (κ2) is 29.8. The zero-order valence-electron chi connectivity index (χ0n) is 17.7.